The Morgan fingerprint density at radius 2 is 1.72 bits per heavy atom. The molecule has 0 spiro atoms. The second kappa shape index (κ2) is 8.08. The molecule has 1 atom stereocenters. The Balaban J connectivity index is 1.69. The van der Waals surface area contributed by atoms with Crippen molar-refractivity contribution in [3.8, 4) is 5.69 Å². The fourth-order valence-electron chi connectivity index (χ4n) is 4.65. The summed E-state index contributed by atoms with van der Waals surface area (Å²) in [5.41, 5.74) is 4.34. The predicted molar refractivity (Wildman–Crippen MR) is 128 cm³/mol. The van der Waals surface area contributed by atoms with Gasteiger partial charge in [-0.2, -0.15) is 0 Å². The quantitative estimate of drug-likeness (QED) is 0.464. The van der Waals surface area contributed by atoms with Gasteiger partial charge in [0.15, 0.2) is 0 Å². The van der Waals surface area contributed by atoms with Crippen molar-refractivity contribution >= 4 is 22.5 Å². The van der Waals surface area contributed by atoms with Crippen LogP contribution in [0.5, 0.6) is 0 Å². The molecule has 0 N–H and O–H groups in total. The lowest BCUT2D eigenvalue weighted by Crippen LogP contribution is -2.31. The van der Waals surface area contributed by atoms with Gasteiger partial charge in [0.1, 0.15) is 5.82 Å². The summed E-state index contributed by atoms with van der Waals surface area (Å²) in [5, 5.41) is 0.573. The fraction of sp³-hybridized carbons (Fsp3) is 0.222. The average Bonchev–Trinajstić information content (AvgIpc) is 3.06. The number of aryl methyl sites for hydroxylation is 1. The molecule has 2 heterocycles. The van der Waals surface area contributed by atoms with Crippen LogP contribution in [0, 0.1) is 6.92 Å². The van der Waals surface area contributed by atoms with Crippen LogP contribution in [0.2, 0.25) is 0 Å². The van der Waals surface area contributed by atoms with Gasteiger partial charge in [-0.1, -0.05) is 49.4 Å². The number of rotatable bonds is 5. The van der Waals surface area contributed by atoms with Crippen molar-refractivity contribution in [3.05, 3.63) is 100 Å². The number of benzene rings is 3. The number of nitrogens with zero attached hydrogens (tertiary/aromatic N) is 3. The van der Waals surface area contributed by atoms with Crippen molar-refractivity contribution in [3.63, 3.8) is 0 Å². The van der Waals surface area contributed by atoms with E-state index in [1.165, 1.54) is 0 Å². The Hall–Kier alpha value is -3.73. The van der Waals surface area contributed by atoms with Gasteiger partial charge in [-0.15, -0.1) is 0 Å². The standard InChI is InChI=1S/C27H25N3O2/c1-3-15-29-24-14-7-5-11-20(24)22(26(29)31)17-25-28-23-13-6-4-12-21(23)27(32)30(25)19-10-8-9-18(2)16-19/h4-14,16,22H,3,15,17H2,1-2H3/t22-/m1/s1. The first-order valence-corrected chi connectivity index (χ1v) is 11.1. The van der Waals surface area contributed by atoms with E-state index in [2.05, 4.69) is 6.92 Å². The molecule has 1 aromatic heterocycles. The van der Waals surface area contributed by atoms with Gasteiger partial charge in [0.05, 0.1) is 22.5 Å². The first-order chi connectivity index (χ1) is 15.6. The highest BCUT2D eigenvalue weighted by Crippen LogP contribution is 2.39. The largest absolute Gasteiger partial charge is 0.312 e. The molecule has 0 fully saturated rings. The van der Waals surface area contributed by atoms with Gasteiger partial charge in [0.25, 0.3) is 5.56 Å². The maximum atomic E-state index is 13.6. The van der Waals surface area contributed by atoms with Crippen LogP contribution in [-0.2, 0) is 11.2 Å². The van der Waals surface area contributed by atoms with Crippen LogP contribution < -0.4 is 10.5 Å². The maximum Gasteiger partial charge on any atom is 0.265 e. The first kappa shape index (κ1) is 20.2. The number of hydrogen-bond acceptors (Lipinski definition) is 3. The number of fused-ring (bicyclic) bond motifs is 2. The van der Waals surface area contributed by atoms with E-state index in [1.54, 1.807) is 10.6 Å². The molecule has 1 aliphatic rings. The smallest absolute Gasteiger partial charge is 0.265 e. The zero-order valence-corrected chi connectivity index (χ0v) is 18.3. The van der Waals surface area contributed by atoms with Crippen molar-refractivity contribution in [2.45, 2.75) is 32.6 Å². The fourth-order valence-corrected chi connectivity index (χ4v) is 4.65. The highest BCUT2D eigenvalue weighted by Gasteiger charge is 2.37. The van der Waals surface area contributed by atoms with E-state index in [-0.39, 0.29) is 17.4 Å². The van der Waals surface area contributed by atoms with Crippen molar-refractivity contribution in [1.29, 1.82) is 0 Å². The Kier molecular flexibility index (Phi) is 5.10. The van der Waals surface area contributed by atoms with E-state index in [4.69, 9.17) is 4.98 Å². The molecule has 0 saturated carbocycles. The summed E-state index contributed by atoms with van der Waals surface area (Å²) in [6.45, 7) is 4.76. The average molecular weight is 424 g/mol. The summed E-state index contributed by atoms with van der Waals surface area (Å²) in [5.74, 6) is 0.318. The predicted octanol–water partition coefficient (Wildman–Crippen LogP) is 4.78. The van der Waals surface area contributed by atoms with Crippen LogP contribution in [0.15, 0.2) is 77.6 Å². The van der Waals surface area contributed by atoms with E-state index in [0.29, 0.717) is 29.7 Å². The van der Waals surface area contributed by atoms with Crippen molar-refractivity contribution in [1.82, 2.24) is 9.55 Å². The lowest BCUT2D eigenvalue weighted by atomic mass is 9.96. The number of anilines is 1. The third-order valence-corrected chi connectivity index (χ3v) is 6.11. The van der Waals surface area contributed by atoms with E-state index in [9.17, 15) is 9.59 Å². The second-order valence-corrected chi connectivity index (χ2v) is 8.33. The SMILES string of the molecule is CCCN1C(=O)[C@H](Cc2nc3ccccc3c(=O)n2-c2cccc(C)c2)c2ccccc21. The first-order valence-electron chi connectivity index (χ1n) is 11.1. The molecule has 0 aliphatic carbocycles. The van der Waals surface area contributed by atoms with Gasteiger partial charge in [0.2, 0.25) is 5.91 Å². The summed E-state index contributed by atoms with van der Waals surface area (Å²) in [7, 11) is 0. The third kappa shape index (κ3) is 3.30. The van der Waals surface area contributed by atoms with Gasteiger partial charge >= 0.3 is 0 Å². The molecular formula is C27H25N3O2. The molecule has 3 aromatic carbocycles. The highest BCUT2D eigenvalue weighted by atomic mass is 16.2. The number of carbonyl (C=O) groups excluding carboxylic acids is 1. The molecule has 32 heavy (non-hydrogen) atoms. The number of carbonyl (C=O) groups is 1. The minimum Gasteiger partial charge on any atom is -0.312 e. The Morgan fingerprint density at radius 3 is 2.53 bits per heavy atom. The topological polar surface area (TPSA) is 55.2 Å². The summed E-state index contributed by atoms with van der Waals surface area (Å²) in [4.78, 5) is 33.7. The van der Waals surface area contributed by atoms with Crippen LogP contribution >= 0.6 is 0 Å². The van der Waals surface area contributed by atoms with Gasteiger partial charge in [0, 0.05) is 18.7 Å². The summed E-state index contributed by atoms with van der Waals surface area (Å²) in [6, 6.07) is 23.2. The van der Waals surface area contributed by atoms with E-state index in [0.717, 1.165) is 28.9 Å². The van der Waals surface area contributed by atoms with Crippen LogP contribution in [0.3, 0.4) is 0 Å². The summed E-state index contributed by atoms with van der Waals surface area (Å²) in [6.07, 6.45) is 1.25. The zero-order valence-electron chi connectivity index (χ0n) is 18.3. The van der Waals surface area contributed by atoms with Crippen LogP contribution in [0.1, 0.15) is 36.2 Å². The molecule has 0 saturated heterocycles. The molecule has 160 valence electrons. The van der Waals surface area contributed by atoms with Crippen LogP contribution in [0.25, 0.3) is 16.6 Å². The minimum absolute atomic E-state index is 0.0752. The van der Waals surface area contributed by atoms with Gasteiger partial charge < -0.3 is 4.90 Å². The molecular weight excluding hydrogens is 398 g/mol. The molecule has 5 nitrogen and oxygen atoms in total. The number of aromatic nitrogens is 2. The molecule has 5 heteroatoms. The molecule has 0 radical (unpaired) electrons. The van der Waals surface area contributed by atoms with Crippen molar-refractivity contribution < 1.29 is 4.79 Å². The molecule has 0 bridgehead atoms. The molecule has 5 rings (SSSR count). The summed E-state index contributed by atoms with van der Waals surface area (Å²) < 4.78 is 1.67. The monoisotopic (exact) mass is 423 g/mol. The normalized spacial score (nSPS) is 15.4. The highest BCUT2D eigenvalue weighted by molar-refractivity contribution is 6.05. The molecule has 4 aromatic rings. The van der Waals surface area contributed by atoms with E-state index >= 15 is 0 Å². The summed E-state index contributed by atoms with van der Waals surface area (Å²) >= 11 is 0. The Morgan fingerprint density at radius 1 is 0.938 bits per heavy atom. The molecule has 0 unspecified atom stereocenters. The van der Waals surface area contributed by atoms with Gasteiger partial charge in [-0.05, 0) is 54.8 Å². The number of para-hydroxylation sites is 2. The van der Waals surface area contributed by atoms with Crippen molar-refractivity contribution in [2.24, 2.45) is 0 Å². The van der Waals surface area contributed by atoms with E-state index in [1.807, 2.05) is 78.6 Å². The lowest BCUT2D eigenvalue weighted by Gasteiger charge is -2.18. The number of amides is 1. The van der Waals surface area contributed by atoms with E-state index < -0.39 is 0 Å². The maximum absolute atomic E-state index is 13.6. The number of hydrogen-bond donors (Lipinski definition) is 0. The van der Waals surface area contributed by atoms with Crippen LogP contribution in [0.4, 0.5) is 5.69 Å². The molecule has 1 aliphatic heterocycles. The molecule has 1 amide bonds. The van der Waals surface area contributed by atoms with Gasteiger partial charge in [-0.3, -0.25) is 14.2 Å². The zero-order chi connectivity index (χ0) is 22.2. The minimum atomic E-state index is -0.359. The Labute approximate surface area is 187 Å². The van der Waals surface area contributed by atoms with Gasteiger partial charge in [-0.25, -0.2) is 4.98 Å². The third-order valence-electron chi connectivity index (χ3n) is 6.11. The Bertz CT molecular complexity index is 1390. The second-order valence-electron chi connectivity index (χ2n) is 8.33. The van der Waals surface area contributed by atoms with Crippen molar-refractivity contribution in [2.75, 3.05) is 11.4 Å². The van der Waals surface area contributed by atoms with Crippen LogP contribution in [-0.4, -0.2) is 22.0 Å². The lowest BCUT2D eigenvalue weighted by molar-refractivity contribution is -0.119.